The molecule has 33 heavy (non-hydrogen) atoms. The molecule has 174 valence electrons. The molecular weight excluding hydrogens is 398 g/mol. The van der Waals surface area contributed by atoms with E-state index in [1.807, 2.05) is 0 Å². The van der Waals surface area contributed by atoms with Crippen LogP contribution in [0.4, 0.5) is 0 Å². The number of hydrogen-bond donors (Lipinski definition) is 0. The van der Waals surface area contributed by atoms with Crippen molar-refractivity contribution in [2.45, 2.75) is 71.5 Å². The maximum Gasteiger partial charge on any atom is 0.105 e. The van der Waals surface area contributed by atoms with Gasteiger partial charge in [-0.2, -0.15) is 0 Å². The second-order valence-corrected chi connectivity index (χ2v) is 9.43. The third kappa shape index (κ3) is 9.40. The molecule has 0 N–H and O–H groups in total. The summed E-state index contributed by atoms with van der Waals surface area (Å²) in [6.07, 6.45) is 13.7. The van der Waals surface area contributed by atoms with E-state index in [1.54, 1.807) is 0 Å². The van der Waals surface area contributed by atoms with Crippen molar-refractivity contribution >= 4 is 0 Å². The smallest absolute Gasteiger partial charge is 0.105 e. The monoisotopic (exact) mass is 440 g/mol. The van der Waals surface area contributed by atoms with Crippen LogP contribution in [0.2, 0.25) is 0 Å². The predicted molar refractivity (Wildman–Crippen MR) is 143 cm³/mol. The van der Waals surface area contributed by atoms with E-state index in [0.29, 0.717) is 0 Å². The molecule has 1 heteroatoms. The molecule has 3 aromatic rings. The molecule has 1 nitrogen and oxygen atoms in total. The summed E-state index contributed by atoms with van der Waals surface area (Å²) in [5.74, 6) is 0. The minimum absolute atomic E-state index is 1.08. The minimum atomic E-state index is 1.08. The second kappa shape index (κ2) is 14.5. The van der Waals surface area contributed by atoms with Crippen LogP contribution >= 0.6 is 0 Å². The highest BCUT2D eigenvalue weighted by Gasteiger charge is 2.28. The molecule has 0 spiro atoms. The van der Waals surface area contributed by atoms with E-state index in [1.165, 1.54) is 61.8 Å². The van der Waals surface area contributed by atoms with Gasteiger partial charge >= 0.3 is 0 Å². The highest BCUT2D eigenvalue weighted by molar-refractivity contribution is 5.17. The van der Waals surface area contributed by atoms with Crippen LogP contribution in [0.1, 0.15) is 68.6 Å². The van der Waals surface area contributed by atoms with Crippen molar-refractivity contribution in [2.75, 3.05) is 6.54 Å². The van der Waals surface area contributed by atoms with Crippen LogP contribution in [0.25, 0.3) is 0 Å². The Morgan fingerprint density at radius 2 is 0.939 bits per heavy atom. The van der Waals surface area contributed by atoms with E-state index in [9.17, 15) is 0 Å². The van der Waals surface area contributed by atoms with Gasteiger partial charge in [-0.25, -0.2) is 0 Å². The van der Waals surface area contributed by atoms with E-state index in [-0.39, 0.29) is 0 Å². The van der Waals surface area contributed by atoms with Crippen molar-refractivity contribution in [3.8, 4) is 0 Å². The molecular formula is C32H42N+. The fourth-order valence-corrected chi connectivity index (χ4v) is 4.84. The molecule has 0 aromatic heterocycles. The largest absolute Gasteiger partial charge is 0.312 e. The standard InChI is InChI=1S/C32H42N/c1-2-3-4-5-6-7-8-9-19-26-33(27-30-20-13-10-14-21-30,28-31-22-15-11-16-23-31)29-32-24-17-12-18-25-32/h3-4,10-18,20-25H,2,5-9,19,26-29H2,1H3/q+1/b4-3+. The topological polar surface area (TPSA) is 0 Å². The highest BCUT2D eigenvalue weighted by atomic mass is 15.3. The van der Waals surface area contributed by atoms with Gasteiger partial charge in [-0.3, -0.25) is 0 Å². The van der Waals surface area contributed by atoms with E-state index in [4.69, 9.17) is 0 Å². The maximum absolute atomic E-state index is 2.35. The van der Waals surface area contributed by atoms with Crippen LogP contribution < -0.4 is 0 Å². The Bertz CT molecular complexity index is 798. The van der Waals surface area contributed by atoms with E-state index >= 15 is 0 Å². The molecule has 0 atom stereocenters. The lowest BCUT2D eigenvalue weighted by Crippen LogP contribution is -2.46. The SMILES string of the molecule is CC/C=C/CCCCCCC[N+](Cc1ccccc1)(Cc1ccccc1)Cc1ccccc1. The van der Waals surface area contributed by atoms with Crippen LogP contribution in [0, 0.1) is 0 Å². The zero-order valence-corrected chi connectivity index (χ0v) is 20.5. The van der Waals surface area contributed by atoms with Crippen LogP contribution in [0.5, 0.6) is 0 Å². The highest BCUT2D eigenvalue weighted by Crippen LogP contribution is 2.25. The zero-order chi connectivity index (χ0) is 23.0. The van der Waals surface area contributed by atoms with Crippen LogP contribution in [0.15, 0.2) is 103 Å². The minimum Gasteiger partial charge on any atom is -0.312 e. The van der Waals surface area contributed by atoms with E-state index < -0.39 is 0 Å². The molecule has 0 saturated carbocycles. The maximum atomic E-state index is 2.35. The first-order valence-electron chi connectivity index (χ1n) is 12.9. The summed E-state index contributed by atoms with van der Waals surface area (Å²) in [5, 5.41) is 0. The van der Waals surface area contributed by atoms with Crippen molar-refractivity contribution in [2.24, 2.45) is 0 Å². The van der Waals surface area contributed by atoms with Crippen LogP contribution in [0.3, 0.4) is 0 Å². The summed E-state index contributed by atoms with van der Waals surface area (Å²) in [6.45, 7) is 6.65. The normalized spacial score (nSPS) is 11.8. The number of nitrogens with zero attached hydrogens (tertiary/aromatic N) is 1. The number of benzene rings is 3. The van der Waals surface area contributed by atoms with Crippen LogP contribution in [-0.2, 0) is 19.6 Å². The van der Waals surface area contributed by atoms with Gasteiger partial charge in [0.15, 0.2) is 0 Å². The average molecular weight is 441 g/mol. The van der Waals surface area contributed by atoms with Crippen molar-refractivity contribution in [3.05, 3.63) is 120 Å². The van der Waals surface area contributed by atoms with Gasteiger partial charge in [0, 0.05) is 16.7 Å². The van der Waals surface area contributed by atoms with E-state index in [2.05, 4.69) is 110 Å². The Morgan fingerprint density at radius 3 is 1.39 bits per heavy atom. The van der Waals surface area contributed by atoms with Gasteiger partial charge in [0.2, 0.25) is 0 Å². The Balaban J connectivity index is 1.71. The molecule has 0 bridgehead atoms. The van der Waals surface area contributed by atoms with Crippen molar-refractivity contribution in [1.29, 1.82) is 0 Å². The van der Waals surface area contributed by atoms with Crippen LogP contribution in [-0.4, -0.2) is 11.0 Å². The molecule has 0 saturated heterocycles. The third-order valence-electron chi connectivity index (χ3n) is 6.49. The summed E-state index contributed by atoms with van der Waals surface area (Å²) in [4.78, 5) is 0. The van der Waals surface area contributed by atoms with E-state index in [0.717, 1.165) is 30.5 Å². The summed E-state index contributed by atoms with van der Waals surface area (Å²) in [6, 6.07) is 33.3. The third-order valence-corrected chi connectivity index (χ3v) is 6.49. The first-order chi connectivity index (χ1) is 16.3. The molecule has 0 radical (unpaired) electrons. The summed E-state index contributed by atoms with van der Waals surface area (Å²) in [7, 11) is 0. The molecule has 0 unspecified atom stereocenters. The second-order valence-electron chi connectivity index (χ2n) is 9.43. The first-order valence-corrected chi connectivity index (χ1v) is 12.9. The molecule has 0 aliphatic rings. The van der Waals surface area contributed by atoms with Crippen molar-refractivity contribution in [3.63, 3.8) is 0 Å². The summed E-state index contributed by atoms with van der Waals surface area (Å²) in [5.41, 5.74) is 4.31. The first kappa shape index (κ1) is 25.0. The molecule has 0 aliphatic heterocycles. The fourth-order valence-electron chi connectivity index (χ4n) is 4.84. The molecule has 0 heterocycles. The number of quaternary nitrogens is 1. The lowest BCUT2D eigenvalue weighted by molar-refractivity contribution is -0.966. The lowest BCUT2D eigenvalue weighted by atomic mass is 10.0. The Kier molecular flexibility index (Phi) is 11.0. The molecule has 0 amide bonds. The van der Waals surface area contributed by atoms with Gasteiger partial charge in [-0.15, -0.1) is 0 Å². The van der Waals surface area contributed by atoms with Gasteiger partial charge in [-0.05, 0) is 32.1 Å². The Hall–Kier alpha value is -2.64. The Morgan fingerprint density at radius 1 is 0.515 bits per heavy atom. The predicted octanol–water partition coefficient (Wildman–Crippen LogP) is 8.71. The summed E-state index contributed by atoms with van der Waals surface area (Å²) >= 11 is 0. The molecule has 0 fully saturated rings. The number of hydrogen-bond acceptors (Lipinski definition) is 0. The number of rotatable bonds is 15. The zero-order valence-electron chi connectivity index (χ0n) is 20.5. The van der Waals surface area contributed by atoms with Gasteiger partial charge in [0.05, 0.1) is 6.54 Å². The number of allylic oxidation sites excluding steroid dienone is 2. The van der Waals surface area contributed by atoms with Gasteiger partial charge < -0.3 is 4.48 Å². The summed E-state index contributed by atoms with van der Waals surface area (Å²) < 4.78 is 1.08. The molecule has 0 aliphatic carbocycles. The molecule has 3 rings (SSSR count). The quantitative estimate of drug-likeness (QED) is 0.126. The Labute approximate surface area is 202 Å². The average Bonchev–Trinajstić information content (AvgIpc) is 2.85. The fraction of sp³-hybridized carbons (Fsp3) is 0.375. The van der Waals surface area contributed by atoms with Crippen molar-refractivity contribution < 1.29 is 4.48 Å². The van der Waals surface area contributed by atoms with Crippen molar-refractivity contribution in [1.82, 2.24) is 0 Å². The van der Waals surface area contributed by atoms with Gasteiger partial charge in [0.25, 0.3) is 0 Å². The van der Waals surface area contributed by atoms with Gasteiger partial charge in [-0.1, -0.05) is 123 Å². The lowest BCUT2D eigenvalue weighted by Gasteiger charge is -2.39. The molecule has 3 aromatic carbocycles. The van der Waals surface area contributed by atoms with Gasteiger partial charge in [0.1, 0.15) is 19.6 Å². The number of unbranched alkanes of at least 4 members (excludes halogenated alkanes) is 5.